The summed E-state index contributed by atoms with van der Waals surface area (Å²) in [6.07, 6.45) is 3.24. The number of aromatic nitrogens is 1. The number of nitrogens with zero attached hydrogens (tertiary/aromatic N) is 1. The maximum absolute atomic E-state index is 12.0. The zero-order chi connectivity index (χ0) is 13.3. The van der Waals surface area contributed by atoms with E-state index in [2.05, 4.69) is 21.2 Å². The Hall–Kier alpha value is -1.40. The monoisotopic (exact) mass is 326 g/mol. The lowest BCUT2D eigenvalue weighted by molar-refractivity contribution is 0.102. The van der Waals surface area contributed by atoms with Gasteiger partial charge in [0.05, 0.1) is 10.0 Å². The van der Waals surface area contributed by atoms with Gasteiger partial charge in [-0.2, -0.15) is 11.3 Å². The number of carbonyl (C=O) groups is 1. The number of anilines is 1. The van der Waals surface area contributed by atoms with Crippen LogP contribution in [0.1, 0.15) is 15.9 Å². The molecular weight excluding hydrogens is 316 g/mol. The third-order valence-electron chi connectivity index (χ3n) is 2.46. The Labute approximate surface area is 116 Å². The Morgan fingerprint density at radius 2 is 2.11 bits per heavy atom. The van der Waals surface area contributed by atoms with E-state index in [9.17, 15) is 9.59 Å². The van der Waals surface area contributed by atoms with Crippen LogP contribution >= 0.6 is 27.3 Å². The molecule has 0 aliphatic rings. The summed E-state index contributed by atoms with van der Waals surface area (Å²) in [5, 5.41) is 6.31. The number of aryl methyl sites for hydroxylation is 2. The largest absolute Gasteiger partial charge is 0.354 e. The first kappa shape index (κ1) is 13.0. The lowest BCUT2D eigenvalue weighted by Gasteiger charge is -2.07. The molecule has 0 atom stereocenters. The van der Waals surface area contributed by atoms with Crippen molar-refractivity contribution in [2.75, 3.05) is 5.32 Å². The van der Waals surface area contributed by atoms with Crippen LogP contribution in [-0.2, 0) is 7.05 Å². The Kier molecular flexibility index (Phi) is 3.68. The molecule has 0 aliphatic heterocycles. The number of amides is 1. The first-order valence-corrected chi connectivity index (χ1v) is 6.92. The second-order valence-electron chi connectivity index (χ2n) is 3.94. The molecule has 0 saturated carbocycles. The summed E-state index contributed by atoms with van der Waals surface area (Å²) in [7, 11) is 1.79. The Bertz CT molecular complexity index is 660. The fourth-order valence-electron chi connectivity index (χ4n) is 1.54. The standard InChI is InChI=1S/C12H11BrN2O2S/c1-7-5-18-6-8(7)12(17)14-10-4-15(2)3-9(13)11(10)16/h3-6H,1-2H3,(H,14,17). The fraction of sp³-hybridized carbons (Fsp3) is 0.167. The molecule has 0 spiro atoms. The molecule has 0 bridgehead atoms. The van der Waals surface area contributed by atoms with Crippen LogP contribution in [0.5, 0.6) is 0 Å². The van der Waals surface area contributed by atoms with E-state index in [1.807, 2.05) is 12.3 Å². The van der Waals surface area contributed by atoms with Gasteiger partial charge in [-0.3, -0.25) is 9.59 Å². The molecule has 0 saturated heterocycles. The topological polar surface area (TPSA) is 51.1 Å². The van der Waals surface area contributed by atoms with E-state index in [0.29, 0.717) is 10.0 Å². The molecule has 0 radical (unpaired) electrons. The van der Waals surface area contributed by atoms with Gasteiger partial charge >= 0.3 is 0 Å². The molecule has 0 fully saturated rings. The van der Waals surface area contributed by atoms with Crippen LogP contribution in [0.25, 0.3) is 0 Å². The van der Waals surface area contributed by atoms with Crippen LogP contribution < -0.4 is 10.7 Å². The Balaban J connectivity index is 2.33. The summed E-state index contributed by atoms with van der Waals surface area (Å²) in [4.78, 5) is 23.8. The third kappa shape index (κ3) is 2.54. The highest BCUT2D eigenvalue weighted by Crippen LogP contribution is 2.15. The average Bonchev–Trinajstić information content (AvgIpc) is 2.71. The van der Waals surface area contributed by atoms with E-state index < -0.39 is 0 Å². The number of hydrogen-bond donors (Lipinski definition) is 1. The van der Waals surface area contributed by atoms with Crippen LogP contribution in [0.4, 0.5) is 5.69 Å². The first-order chi connectivity index (χ1) is 8.49. The molecule has 6 heteroatoms. The van der Waals surface area contributed by atoms with E-state index in [1.54, 1.807) is 29.4 Å². The van der Waals surface area contributed by atoms with E-state index in [-0.39, 0.29) is 17.0 Å². The molecule has 0 aliphatic carbocycles. The van der Waals surface area contributed by atoms with Gasteiger partial charge in [0.1, 0.15) is 5.69 Å². The van der Waals surface area contributed by atoms with Crippen LogP contribution in [-0.4, -0.2) is 10.5 Å². The van der Waals surface area contributed by atoms with Gasteiger partial charge in [0.2, 0.25) is 5.43 Å². The van der Waals surface area contributed by atoms with Crippen molar-refractivity contribution in [1.29, 1.82) is 0 Å². The predicted octanol–water partition coefficient (Wildman–Crippen LogP) is 2.77. The molecule has 2 aromatic heterocycles. The number of halogens is 1. The van der Waals surface area contributed by atoms with Crippen molar-refractivity contribution in [3.63, 3.8) is 0 Å². The van der Waals surface area contributed by atoms with E-state index in [1.165, 1.54) is 11.3 Å². The van der Waals surface area contributed by atoms with Crippen molar-refractivity contribution in [2.45, 2.75) is 6.92 Å². The molecule has 2 heterocycles. The maximum Gasteiger partial charge on any atom is 0.256 e. The average molecular weight is 327 g/mol. The predicted molar refractivity (Wildman–Crippen MR) is 76.4 cm³/mol. The van der Waals surface area contributed by atoms with Crippen molar-refractivity contribution >= 4 is 38.9 Å². The van der Waals surface area contributed by atoms with Gasteiger partial charge in [-0.05, 0) is 33.8 Å². The Morgan fingerprint density at radius 1 is 1.39 bits per heavy atom. The second kappa shape index (κ2) is 5.07. The smallest absolute Gasteiger partial charge is 0.256 e. The minimum absolute atomic E-state index is 0.227. The fourth-order valence-corrected chi connectivity index (χ4v) is 2.90. The quantitative estimate of drug-likeness (QED) is 0.922. The highest BCUT2D eigenvalue weighted by Gasteiger charge is 2.13. The van der Waals surface area contributed by atoms with Crippen LogP contribution in [0.3, 0.4) is 0 Å². The van der Waals surface area contributed by atoms with Crippen molar-refractivity contribution in [3.05, 3.63) is 49.0 Å². The Morgan fingerprint density at radius 3 is 2.72 bits per heavy atom. The highest BCUT2D eigenvalue weighted by atomic mass is 79.9. The molecule has 4 nitrogen and oxygen atoms in total. The van der Waals surface area contributed by atoms with Gasteiger partial charge in [0.25, 0.3) is 5.91 Å². The molecule has 18 heavy (non-hydrogen) atoms. The highest BCUT2D eigenvalue weighted by molar-refractivity contribution is 9.10. The van der Waals surface area contributed by atoms with E-state index >= 15 is 0 Å². The van der Waals surface area contributed by atoms with Crippen molar-refractivity contribution in [2.24, 2.45) is 7.05 Å². The summed E-state index contributed by atoms with van der Waals surface area (Å²) >= 11 is 4.63. The summed E-state index contributed by atoms with van der Waals surface area (Å²) < 4.78 is 2.13. The zero-order valence-electron chi connectivity index (χ0n) is 9.86. The first-order valence-electron chi connectivity index (χ1n) is 5.19. The van der Waals surface area contributed by atoms with Crippen LogP contribution in [0.15, 0.2) is 32.4 Å². The maximum atomic E-state index is 12.0. The second-order valence-corrected chi connectivity index (χ2v) is 5.53. The van der Waals surface area contributed by atoms with Gasteiger partial charge in [-0.15, -0.1) is 0 Å². The minimum atomic E-state index is -0.260. The zero-order valence-corrected chi connectivity index (χ0v) is 12.3. The van der Waals surface area contributed by atoms with Gasteiger partial charge in [0, 0.05) is 24.8 Å². The SMILES string of the molecule is Cc1cscc1C(=O)Nc1cn(C)cc(Br)c1=O. The minimum Gasteiger partial charge on any atom is -0.354 e. The third-order valence-corrected chi connectivity index (χ3v) is 3.89. The summed E-state index contributed by atoms with van der Waals surface area (Å²) in [5.74, 6) is -0.260. The van der Waals surface area contributed by atoms with Crippen molar-refractivity contribution < 1.29 is 4.79 Å². The van der Waals surface area contributed by atoms with Gasteiger partial charge in [-0.25, -0.2) is 0 Å². The molecule has 2 aromatic rings. The van der Waals surface area contributed by atoms with E-state index in [0.717, 1.165) is 5.56 Å². The summed E-state index contributed by atoms with van der Waals surface area (Å²) in [6.45, 7) is 1.87. The van der Waals surface area contributed by atoms with Gasteiger partial charge in [0.15, 0.2) is 0 Å². The number of nitrogens with one attached hydrogen (secondary N) is 1. The molecule has 0 aromatic carbocycles. The van der Waals surface area contributed by atoms with Gasteiger partial charge < -0.3 is 9.88 Å². The van der Waals surface area contributed by atoms with Crippen LogP contribution in [0, 0.1) is 6.92 Å². The van der Waals surface area contributed by atoms with Crippen molar-refractivity contribution in [1.82, 2.24) is 4.57 Å². The number of rotatable bonds is 2. The molecule has 94 valence electrons. The molecule has 1 N–H and O–H groups in total. The molecule has 0 unspecified atom stereocenters. The van der Waals surface area contributed by atoms with E-state index in [4.69, 9.17) is 0 Å². The summed E-state index contributed by atoms with van der Waals surface area (Å²) in [5.41, 5.74) is 1.54. The normalized spacial score (nSPS) is 10.4. The molecular formula is C12H11BrN2O2S. The number of hydrogen-bond acceptors (Lipinski definition) is 3. The molecule has 2 rings (SSSR count). The summed E-state index contributed by atoms with van der Waals surface area (Å²) in [6, 6.07) is 0. The van der Waals surface area contributed by atoms with Gasteiger partial charge in [-0.1, -0.05) is 0 Å². The number of pyridine rings is 1. The lowest BCUT2D eigenvalue weighted by Crippen LogP contribution is -2.20. The lowest BCUT2D eigenvalue weighted by atomic mass is 10.2. The number of carbonyl (C=O) groups excluding carboxylic acids is 1. The number of thiophene rings is 1. The van der Waals surface area contributed by atoms with Crippen LogP contribution in [0.2, 0.25) is 0 Å². The van der Waals surface area contributed by atoms with Crippen molar-refractivity contribution in [3.8, 4) is 0 Å². The molecule has 1 amide bonds.